The van der Waals surface area contributed by atoms with Crippen molar-refractivity contribution in [2.75, 3.05) is 0 Å². The van der Waals surface area contributed by atoms with Gasteiger partial charge in [-0.1, -0.05) is 45.0 Å². The molecule has 112 valence electrons. The van der Waals surface area contributed by atoms with Gasteiger partial charge in [0.25, 0.3) is 0 Å². The number of benzene rings is 1. The van der Waals surface area contributed by atoms with Crippen LogP contribution in [0.25, 0.3) is 10.6 Å². The molecule has 1 heterocycles. The summed E-state index contributed by atoms with van der Waals surface area (Å²) in [6.45, 7) is 9.89. The number of aromatic nitrogens is 1. The molecular weight excluding hydrogens is 282 g/mol. The van der Waals surface area contributed by atoms with Gasteiger partial charge in [0.05, 0.1) is 5.69 Å². The molecule has 1 aromatic heterocycles. The fraction of sp³-hybridized carbons (Fsp3) is 0.412. The minimum atomic E-state index is -0.958. The molecule has 1 aromatic carbocycles. The van der Waals surface area contributed by atoms with Gasteiger partial charge in [-0.3, -0.25) is 4.79 Å². The van der Waals surface area contributed by atoms with E-state index >= 15 is 0 Å². The zero-order valence-electron chi connectivity index (χ0n) is 13.1. The van der Waals surface area contributed by atoms with Crippen molar-refractivity contribution in [2.24, 2.45) is 0 Å². The Hall–Kier alpha value is -1.68. The Bertz CT molecular complexity index is 648. The standard InChI is InChI=1S/C17H21NO2S/c1-16(2,3)12-8-6-11(7-9-12)14-18-13(10-21-14)17(4,5)15(19)20/h6-10H,1-5H3,(H,19,20). The molecule has 0 radical (unpaired) electrons. The molecule has 0 fully saturated rings. The number of hydrogen-bond acceptors (Lipinski definition) is 3. The van der Waals surface area contributed by atoms with E-state index in [0.717, 1.165) is 10.6 Å². The van der Waals surface area contributed by atoms with E-state index in [9.17, 15) is 9.90 Å². The van der Waals surface area contributed by atoms with Gasteiger partial charge in [0.2, 0.25) is 0 Å². The van der Waals surface area contributed by atoms with E-state index in [2.05, 4.69) is 50.0 Å². The van der Waals surface area contributed by atoms with Crippen molar-refractivity contribution in [3.63, 3.8) is 0 Å². The summed E-state index contributed by atoms with van der Waals surface area (Å²) in [7, 11) is 0. The molecule has 0 aliphatic heterocycles. The lowest BCUT2D eigenvalue weighted by atomic mass is 9.87. The maximum Gasteiger partial charge on any atom is 0.315 e. The van der Waals surface area contributed by atoms with Gasteiger partial charge in [-0.15, -0.1) is 11.3 Å². The molecular formula is C17H21NO2S. The van der Waals surface area contributed by atoms with E-state index in [1.54, 1.807) is 13.8 Å². The lowest BCUT2D eigenvalue weighted by Gasteiger charge is -2.19. The van der Waals surface area contributed by atoms with Crippen LogP contribution >= 0.6 is 11.3 Å². The Balaban J connectivity index is 2.32. The molecule has 0 saturated carbocycles. The second-order valence-electron chi connectivity index (χ2n) is 6.80. The number of carboxylic acid groups (broad SMARTS) is 1. The summed E-state index contributed by atoms with van der Waals surface area (Å²) >= 11 is 1.49. The van der Waals surface area contributed by atoms with Gasteiger partial charge in [0, 0.05) is 10.9 Å². The Morgan fingerprint density at radius 1 is 1.10 bits per heavy atom. The van der Waals surface area contributed by atoms with E-state index in [-0.39, 0.29) is 5.41 Å². The van der Waals surface area contributed by atoms with E-state index < -0.39 is 11.4 Å². The molecule has 2 rings (SSSR count). The first kappa shape index (κ1) is 15.7. The van der Waals surface area contributed by atoms with Crippen LogP contribution in [0.2, 0.25) is 0 Å². The van der Waals surface area contributed by atoms with Gasteiger partial charge in [0.1, 0.15) is 10.4 Å². The van der Waals surface area contributed by atoms with E-state index in [4.69, 9.17) is 0 Å². The van der Waals surface area contributed by atoms with Crippen LogP contribution in [0.5, 0.6) is 0 Å². The fourth-order valence-corrected chi connectivity index (χ4v) is 2.91. The topological polar surface area (TPSA) is 50.2 Å². The molecule has 0 saturated heterocycles. The van der Waals surface area contributed by atoms with Crippen LogP contribution < -0.4 is 0 Å². The number of nitrogens with zero attached hydrogens (tertiary/aromatic N) is 1. The van der Waals surface area contributed by atoms with Crippen molar-refractivity contribution < 1.29 is 9.90 Å². The number of hydrogen-bond donors (Lipinski definition) is 1. The van der Waals surface area contributed by atoms with Crippen molar-refractivity contribution in [3.8, 4) is 10.6 Å². The lowest BCUT2D eigenvalue weighted by Crippen LogP contribution is -2.28. The van der Waals surface area contributed by atoms with Crippen LogP contribution in [0.15, 0.2) is 29.6 Å². The van der Waals surface area contributed by atoms with Crippen LogP contribution in [-0.2, 0) is 15.6 Å². The Labute approximate surface area is 129 Å². The minimum absolute atomic E-state index is 0.123. The molecule has 0 bridgehead atoms. The molecule has 1 N–H and O–H groups in total. The fourth-order valence-electron chi connectivity index (χ4n) is 1.92. The van der Waals surface area contributed by atoms with Gasteiger partial charge in [-0.05, 0) is 24.8 Å². The van der Waals surface area contributed by atoms with Crippen LogP contribution in [0.4, 0.5) is 0 Å². The van der Waals surface area contributed by atoms with Gasteiger partial charge in [0.15, 0.2) is 0 Å². The van der Waals surface area contributed by atoms with Crippen LogP contribution in [-0.4, -0.2) is 16.1 Å². The van der Waals surface area contributed by atoms with Crippen molar-refractivity contribution in [2.45, 2.75) is 45.4 Å². The monoisotopic (exact) mass is 303 g/mol. The number of aliphatic carboxylic acids is 1. The van der Waals surface area contributed by atoms with Crippen molar-refractivity contribution >= 4 is 17.3 Å². The smallest absolute Gasteiger partial charge is 0.315 e. The molecule has 2 aromatic rings. The predicted octanol–water partition coefficient (Wildman–Crippen LogP) is 4.47. The summed E-state index contributed by atoms with van der Waals surface area (Å²) in [6, 6.07) is 8.32. The normalized spacial score (nSPS) is 12.4. The first-order valence-electron chi connectivity index (χ1n) is 6.92. The highest BCUT2D eigenvalue weighted by atomic mass is 32.1. The minimum Gasteiger partial charge on any atom is -0.481 e. The van der Waals surface area contributed by atoms with Gasteiger partial charge >= 0.3 is 5.97 Å². The average Bonchev–Trinajstić information content (AvgIpc) is 2.88. The maximum absolute atomic E-state index is 11.3. The van der Waals surface area contributed by atoms with Gasteiger partial charge in [-0.25, -0.2) is 4.98 Å². The second-order valence-corrected chi connectivity index (χ2v) is 7.65. The SMILES string of the molecule is CC(C)(C)c1ccc(-c2nc(C(C)(C)C(=O)O)cs2)cc1. The zero-order valence-corrected chi connectivity index (χ0v) is 13.9. The highest BCUT2D eigenvalue weighted by molar-refractivity contribution is 7.13. The van der Waals surface area contributed by atoms with Gasteiger partial charge < -0.3 is 5.11 Å². The lowest BCUT2D eigenvalue weighted by molar-refractivity contribution is -0.142. The molecule has 0 aliphatic rings. The summed E-state index contributed by atoms with van der Waals surface area (Å²) in [5, 5.41) is 12.0. The summed E-state index contributed by atoms with van der Waals surface area (Å²) in [5.41, 5.74) is 2.07. The predicted molar refractivity (Wildman–Crippen MR) is 86.9 cm³/mol. The zero-order chi connectivity index (χ0) is 15.8. The largest absolute Gasteiger partial charge is 0.481 e. The third-order valence-electron chi connectivity index (χ3n) is 3.68. The number of thiazole rings is 1. The molecule has 0 spiro atoms. The van der Waals surface area contributed by atoms with Crippen LogP contribution in [0.1, 0.15) is 45.9 Å². The van der Waals surface area contributed by atoms with Crippen molar-refractivity contribution in [1.82, 2.24) is 4.98 Å². The van der Waals surface area contributed by atoms with Gasteiger partial charge in [-0.2, -0.15) is 0 Å². The molecule has 0 unspecified atom stereocenters. The Morgan fingerprint density at radius 3 is 2.14 bits per heavy atom. The summed E-state index contributed by atoms with van der Waals surface area (Å²) in [6.07, 6.45) is 0. The van der Waals surface area contributed by atoms with E-state index in [1.807, 2.05) is 5.38 Å². The molecule has 21 heavy (non-hydrogen) atoms. The molecule has 0 amide bonds. The maximum atomic E-state index is 11.3. The first-order chi connectivity index (χ1) is 9.62. The third-order valence-corrected chi connectivity index (χ3v) is 4.57. The molecule has 3 nitrogen and oxygen atoms in total. The Morgan fingerprint density at radius 2 is 1.67 bits per heavy atom. The molecule has 0 atom stereocenters. The summed E-state index contributed by atoms with van der Waals surface area (Å²) in [4.78, 5) is 15.8. The summed E-state index contributed by atoms with van der Waals surface area (Å²) in [5.74, 6) is -0.859. The summed E-state index contributed by atoms with van der Waals surface area (Å²) < 4.78 is 0. The van der Waals surface area contributed by atoms with E-state index in [1.165, 1.54) is 16.9 Å². The van der Waals surface area contributed by atoms with Crippen LogP contribution in [0, 0.1) is 0 Å². The average molecular weight is 303 g/mol. The van der Waals surface area contributed by atoms with Crippen molar-refractivity contribution in [1.29, 1.82) is 0 Å². The highest BCUT2D eigenvalue weighted by Gasteiger charge is 2.32. The second kappa shape index (κ2) is 5.26. The molecule has 4 heteroatoms. The first-order valence-corrected chi connectivity index (χ1v) is 7.80. The van der Waals surface area contributed by atoms with Crippen LogP contribution in [0.3, 0.4) is 0 Å². The van der Waals surface area contributed by atoms with Crippen molar-refractivity contribution in [3.05, 3.63) is 40.9 Å². The third kappa shape index (κ3) is 3.16. The van der Waals surface area contributed by atoms with E-state index in [0.29, 0.717) is 5.69 Å². The highest BCUT2D eigenvalue weighted by Crippen LogP contribution is 2.31. The number of carboxylic acids is 1. The number of carbonyl (C=O) groups is 1. The Kier molecular flexibility index (Phi) is 3.93. The quantitative estimate of drug-likeness (QED) is 0.910. The molecule has 0 aliphatic carbocycles. The number of rotatable bonds is 3.